The first-order chi connectivity index (χ1) is 13.5. The summed E-state index contributed by atoms with van der Waals surface area (Å²) in [6.07, 6.45) is 1.01. The van der Waals surface area contributed by atoms with Gasteiger partial charge in [0.1, 0.15) is 27.8 Å². The molecular weight excluding hydrogens is 430 g/mol. The molecule has 1 aliphatic rings. The lowest BCUT2D eigenvalue weighted by Gasteiger charge is -2.48. The van der Waals surface area contributed by atoms with Gasteiger partial charge >= 0.3 is 6.61 Å². The van der Waals surface area contributed by atoms with E-state index in [1.165, 1.54) is 30.5 Å². The summed E-state index contributed by atoms with van der Waals surface area (Å²) in [5, 5.41) is 4.52. The molecule has 1 atom stereocenters. The number of guanidine groups is 1. The van der Waals surface area contributed by atoms with Crippen molar-refractivity contribution in [2.75, 3.05) is 18.1 Å². The molecule has 2 aromatic heterocycles. The number of nitrogens with zero attached hydrogens (tertiary/aromatic N) is 4. The van der Waals surface area contributed by atoms with E-state index in [9.17, 15) is 22.7 Å². The van der Waals surface area contributed by atoms with Crippen LogP contribution in [0.4, 0.5) is 14.6 Å². The maximum absolute atomic E-state index is 12.3. The number of nitrogens with one attached hydrogen (secondary N) is 1. The molecule has 0 spiro atoms. The van der Waals surface area contributed by atoms with Crippen molar-refractivity contribution in [2.45, 2.75) is 19.1 Å². The van der Waals surface area contributed by atoms with Gasteiger partial charge in [0.25, 0.3) is 5.91 Å². The van der Waals surface area contributed by atoms with E-state index in [1.54, 1.807) is 12.3 Å². The van der Waals surface area contributed by atoms with E-state index in [2.05, 4.69) is 25.0 Å². The maximum Gasteiger partial charge on any atom is 0.387 e. The number of aromatic nitrogens is 2. The van der Waals surface area contributed by atoms with Crippen molar-refractivity contribution in [2.24, 2.45) is 10.7 Å². The number of rotatable bonds is 5. The zero-order valence-corrected chi connectivity index (χ0v) is 16.9. The number of amides is 1. The largest absolute Gasteiger partial charge is 0.433 e. The van der Waals surface area contributed by atoms with Crippen LogP contribution in [-0.4, -0.2) is 54.7 Å². The van der Waals surface area contributed by atoms with Crippen LogP contribution in [-0.2, 0) is 5.54 Å². The van der Waals surface area contributed by atoms with Crippen LogP contribution in [0.3, 0.4) is 0 Å². The molecule has 5 N–H and O–H groups in total. The Morgan fingerprint density at radius 2 is 2.21 bits per heavy atom. The maximum atomic E-state index is 12.3. The smallest absolute Gasteiger partial charge is 0.387 e. The van der Waals surface area contributed by atoms with Crippen LogP contribution in [0.15, 0.2) is 28.7 Å². The number of hydrogen-bond acceptors (Lipinski definition) is 10. The molecular formula is C15H18F2N6O4S2. The van der Waals surface area contributed by atoms with Crippen LogP contribution in [0.5, 0.6) is 5.75 Å². The number of anilines is 1. The van der Waals surface area contributed by atoms with Crippen molar-refractivity contribution in [1.29, 1.82) is 0 Å². The topological polar surface area (TPSA) is 146 Å². The highest BCUT2D eigenvalue weighted by molar-refractivity contribution is 8.22. The second-order valence-electron chi connectivity index (χ2n) is 6.27. The number of halogens is 2. The summed E-state index contributed by atoms with van der Waals surface area (Å²) in [5.74, 6) is -0.709. The van der Waals surface area contributed by atoms with Gasteiger partial charge in [0.2, 0.25) is 5.96 Å². The molecule has 1 aliphatic heterocycles. The monoisotopic (exact) mass is 448 g/mol. The summed E-state index contributed by atoms with van der Waals surface area (Å²) in [5.41, 5.74) is 4.69. The Morgan fingerprint density at radius 3 is 2.79 bits per heavy atom. The Balaban J connectivity index is 1.74. The Hall–Kier alpha value is -2.55. The number of pyridine rings is 1. The second kappa shape index (κ2) is 7.70. The van der Waals surface area contributed by atoms with Crippen LogP contribution in [0.25, 0.3) is 0 Å². The van der Waals surface area contributed by atoms with Crippen LogP contribution < -0.4 is 15.8 Å². The summed E-state index contributed by atoms with van der Waals surface area (Å²) in [6, 6.07) is 2.43. The lowest BCUT2D eigenvalue weighted by Crippen LogP contribution is -2.47. The molecule has 3 heterocycles. The minimum absolute atomic E-state index is 0.0249. The fourth-order valence-electron chi connectivity index (χ4n) is 2.53. The van der Waals surface area contributed by atoms with Gasteiger partial charge in [-0.05, 0) is 19.1 Å². The van der Waals surface area contributed by atoms with E-state index in [0.29, 0.717) is 5.01 Å². The molecule has 0 fully saturated rings. The quantitative estimate of drug-likeness (QED) is 0.546. The predicted molar refractivity (Wildman–Crippen MR) is 105 cm³/mol. The fourth-order valence-corrected chi connectivity index (χ4v) is 4.97. The van der Waals surface area contributed by atoms with Crippen LogP contribution in [0, 0.1) is 0 Å². The van der Waals surface area contributed by atoms with E-state index < -0.39 is 28.8 Å². The molecule has 0 aliphatic carbocycles. The fraction of sp³-hybridized carbons (Fsp3) is 0.333. The standard InChI is InChI=1S/C15H18F2N6O4S2/c1-15(7-29(25,26)23(2)14(18)22-15)12-21-10(6-28-12)20-11(24)9-4-3-8(5-19-9)27-13(16)17/h3-6,13,25-26H,7H2,1-2H3,(H2,18,22)(H,20,24)/t15-/m0/s1. The van der Waals surface area contributed by atoms with Crippen molar-refractivity contribution in [1.82, 2.24) is 14.3 Å². The van der Waals surface area contributed by atoms with Crippen LogP contribution >= 0.6 is 22.1 Å². The second-order valence-corrected chi connectivity index (χ2v) is 9.23. The molecule has 0 saturated carbocycles. The third kappa shape index (κ3) is 4.55. The first kappa shape index (κ1) is 21.2. The van der Waals surface area contributed by atoms with Gasteiger partial charge in [-0.15, -0.1) is 22.1 Å². The minimum atomic E-state index is -3.15. The van der Waals surface area contributed by atoms with Crippen molar-refractivity contribution in [3.63, 3.8) is 0 Å². The predicted octanol–water partition coefficient (Wildman–Crippen LogP) is 2.53. The van der Waals surface area contributed by atoms with E-state index in [-0.39, 0.29) is 29.0 Å². The Morgan fingerprint density at radius 1 is 1.48 bits per heavy atom. The molecule has 0 unspecified atom stereocenters. The first-order valence-corrected chi connectivity index (χ1v) is 10.6. The van der Waals surface area contributed by atoms with Crippen molar-refractivity contribution < 1.29 is 27.4 Å². The molecule has 0 bridgehead atoms. The van der Waals surface area contributed by atoms with Crippen molar-refractivity contribution in [3.8, 4) is 5.75 Å². The average molecular weight is 448 g/mol. The number of hydrogen-bond donors (Lipinski definition) is 4. The molecule has 0 aromatic carbocycles. The van der Waals surface area contributed by atoms with Gasteiger partial charge in [-0.3, -0.25) is 13.9 Å². The molecule has 0 saturated heterocycles. The molecule has 3 rings (SSSR count). The molecule has 29 heavy (non-hydrogen) atoms. The molecule has 2 aromatic rings. The zero-order chi connectivity index (χ0) is 21.4. The van der Waals surface area contributed by atoms with Crippen LogP contribution in [0.2, 0.25) is 0 Å². The SMILES string of the molecule is CN1C(N)=N[C@](C)(c2nc(NC(=O)c3ccc(OC(F)F)cn3)cs2)CS1(O)O. The van der Waals surface area contributed by atoms with Gasteiger partial charge in [0.05, 0.1) is 11.9 Å². The summed E-state index contributed by atoms with van der Waals surface area (Å²) < 4.78 is 50.1. The molecule has 158 valence electrons. The highest BCUT2D eigenvalue weighted by atomic mass is 32.3. The molecule has 1 amide bonds. The highest BCUT2D eigenvalue weighted by Gasteiger charge is 2.42. The third-order valence-electron chi connectivity index (χ3n) is 4.00. The number of carbonyl (C=O) groups excluding carboxylic acids is 1. The van der Waals surface area contributed by atoms with Crippen molar-refractivity contribution >= 4 is 39.8 Å². The summed E-state index contributed by atoms with van der Waals surface area (Å²) in [6.45, 7) is -1.32. The number of ether oxygens (including phenoxy) is 1. The first-order valence-electron chi connectivity index (χ1n) is 8.03. The van der Waals surface area contributed by atoms with Crippen LogP contribution in [0.1, 0.15) is 22.4 Å². The van der Waals surface area contributed by atoms with Gasteiger partial charge in [-0.25, -0.2) is 19.3 Å². The lowest BCUT2D eigenvalue weighted by atomic mass is 10.1. The molecule has 10 nitrogen and oxygen atoms in total. The highest BCUT2D eigenvalue weighted by Crippen LogP contribution is 2.51. The summed E-state index contributed by atoms with van der Waals surface area (Å²) in [4.78, 5) is 24.7. The van der Waals surface area contributed by atoms with Gasteiger partial charge in [0.15, 0.2) is 0 Å². The van der Waals surface area contributed by atoms with Gasteiger partial charge in [0, 0.05) is 12.4 Å². The van der Waals surface area contributed by atoms with E-state index in [1.807, 2.05) is 0 Å². The summed E-state index contributed by atoms with van der Waals surface area (Å²) >= 11 is 1.17. The normalized spacial score (nSPS) is 22.2. The minimum Gasteiger partial charge on any atom is -0.433 e. The third-order valence-corrected chi connectivity index (χ3v) is 7.11. The van der Waals surface area contributed by atoms with Crippen molar-refractivity contribution in [3.05, 3.63) is 34.4 Å². The van der Waals surface area contributed by atoms with Gasteiger partial charge < -0.3 is 15.8 Å². The molecule has 0 radical (unpaired) electrons. The Bertz CT molecular complexity index is 939. The van der Waals surface area contributed by atoms with Gasteiger partial charge in [-0.1, -0.05) is 0 Å². The summed E-state index contributed by atoms with van der Waals surface area (Å²) in [7, 11) is -1.72. The average Bonchev–Trinajstić information content (AvgIpc) is 3.09. The van der Waals surface area contributed by atoms with E-state index >= 15 is 0 Å². The van der Waals surface area contributed by atoms with E-state index in [4.69, 9.17) is 5.73 Å². The lowest BCUT2D eigenvalue weighted by molar-refractivity contribution is -0.0500. The van der Waals surface area contributed by atoms with Gasteiger partial charge in [-0.2, -0.15) is 8.78 Å². The van der Waals surface area contributed by atoms with E-state index in [0.717, 1.165) is 10.5 Å². The number of thiazole rings is 1. The number of carbonyl (C=O) groups is 1. The molecule has 14 heteroatoms. The Labute approximate surface area is 169 Å². The zero-order valence-electron chi connectivity index (χ0n) is 15.2. The number of nitrogens with two attached hydrogens (primary N) is 1. The Kier molecular flexibility index (Phi) is 5.62. The number of aliphatic imine (C=N–C) groups is 1. The number of alkyl halides is 2.